The van der Waals surface area contributed by atoms with Crippen LogP contribution in [0.15, 0.2) is 40.9 Å². The molecule has 2 saturated heterocycles. The number of carbonyl (C=O) groups is 1. The van der Waals surface area contributed by atoms with Crippen molar-refractivity contribution in [1.29, 1.82) is 0 Å². The molecule has 218 valence electrons. The molecule has 1 N–H and O–H groups in total. The van der Waals surface area contributed by atoms with E-state index in [1.165, 1.54) is 37.6 Å². The molecule has 9 heteroatoms. The number of carbonyl (C=O) groups excluding carboxylic acids is 1. The minimum atomic E-state index is -0.170. The number of hydrogen-bond acceptors (Lipinski definition) is 7. The SMILES string of the molecule is COC(=O)C[C@H](CN1CCC2(CC1)CN(Cc1ccc3c(n1)NCCC3)C2)c1cc(Br)cc(-n2nc(C)cc2C)c1. The maximum absolute atomic E-state index is 12.5. The van der Waals surface area contributed by atoms with Gasteiger partial charge in [-0.15, -0.1) is 0 Å². The van der Waals surface area contributed by atoms with E-state index in [0.29, 0.717) is 11.8 Å². The highest BCUT2D eigenvalue weighted by Gasteiger charge is 2.44. The molecule has 3 aliphatic rings. The molecular weight excluding hydrogens is 580 g/mol. The lowest BCUT2D eigenvalue weighted by Gasteiger charge is -2.54. The van der Waals surface area contributed by atoms with E-state index in [1.54, 1.807) is 0 Å². The van der Waals surface area contributed by atoms with Crippen LogP contribution in [0.4, 0.5) is 5.82 Å². The van der Waals surface area contributed by atoms with E-state index in [0.717, 1.165) is 85.2 Å². The molecule has 2 aromatic heterocycles. The molecule has 3 aromatic rings. The molecule has 41 heavy (non-hydrogen) atoms. The molecular formula is C32H41BrN6O2. The summed E-state index contributed by atoms with van der Waals surface area (Å²) in [5.41, 5.74) is 7.15. The minimum absolute atomic E-state index is 0.0475. The van der Waals surface area contributed by atoms with Gasteiger partial charge in [-0.25, -0.2) is 9.67 Å². The molecule has 3 aliphatic heterocycles. The highest BCUT2D eigenvalue weighted by atomic mass is 79.9. The predicted octanol–water partition coefficient (Wildman–Crippen LogP) is 5.25. The summed E-state index contributed by atoms with van der Waals surface area (Å²) in [5, 5.41) is 8.14. The second kappa shape index (κ2) is 11.9. The van der Waals surface area contributed by atoms with Crippen molar-refractivity contribution in [2.75, 3.05) is 51.7 Å². The van der Waals surface area contributed by atoms with Gasteiger partial charge in [0.15, 0.2) is 0 Å². The van der Waals surface area contributed by atoms with Gasteiger partial charge in [0, 0.05) is 48.8 Å². The summed E-state index contributed by atoms with van der Waals surface area (Å²) >= 11 is 3.71. The van der Waals surface area contributed by atoms with Gasteiger partial charge in [-0.3, -0.25) is 9.69 Å². The number of nitrogens with one attached hydrogen (secondary N) is 1. The van der Waals surface area contributed by atoms with Gasteiger partial charge in [-0.1, -0.05) is 22.0 Å². The molecule has 0 unspecified atom stereocenters. The summed E-state index contributed by atoms with van der Waals surface area (Å²) in [7, 11) is 1.48. The second-order valence-electron chi connectivity index (χ2n) is 12.3. The average Bonchev–Trinajstić information content (AvgIpc) is 3.30. The van der Waals surface area contributed by atoms with Gasteiger partial charge in [0.2, 0.25) is 0 Å². The third kappa shape index (κ3) is 6.37. The number of halogens is 1. The first-order chi connectivity index (χ1) is 19.8. The fourth-order valence-corrected chi connectivity index (χ4v) is 7.45. The zero-order valence-electron chi connectivity index (χ0n) is 24.5. The van der Waals surface area contributed by atoms with Crippen molar-refractivity contribution < 1.29 is 9.53 Å². The topological polar surface area (TPSA) is 75.5 Å². The number of likely N-dealkylation sites (tertiary alicyclic amines) is 2. The number of aromatic nitrogens is 3. The molecule has 2 fully saturated rings. The molecule has 0 bridgehead atoms. The van der Waals surface area contributed by atoms with Gasteiger partial charge in [0.1, 0.15) is 5.82 Å². The second-order valence-corrected chi connectivity index (χ2v) is 13.3. The van der Waals surface area contributed by atoms with E-state index < -0.39 is 0 Å². The fourth-order valence-electron chi connectivity index (χ4n) is 6.95. The number of aryl methyl sites for hydroxylation is 3. The third-order valence-corrected chi connectivity index (χ3v) is 9.58. The van der Waals surface area contributed by atoms with Gasteiger partial charge in [-0.05, 0) is 99.5 Å². The summed E-state index contributed by atoms with van der Waals surface area (Å²) in [4.78, 5) is 22.5. The molecule has 0 amide bonds. The van der Waals surface area contributed by atoms with Crippen molar-refractivity contribution in [2.45, 2.75) is 58.4 Å². The minimum Gasteiger partial charge on any atom is -0.469 e. The Balaban J connectivity index is 1.08. The number of fused-ring (bicyclic) bond motifs is 1. The van der Waals surface area contributed by atoms with E-state index in [-0.39, 0.29) is 11.9 Å². The van der Waals surface area contributed by atoms with Crippen LogP contribution in [0.25, 0.3) is 5.69 Å². The zero-order chi connectivity index (χ0) is 28.6. The van der Waals surface area contributed by atoms with Crippen LogP contribution in [0.1, 0.15) is 59.8 Å². The highest BCUT2D eigenvalue weighted by Crippen LogP contribution is 2.42. The van der Waals surface area contributed by atoms with Crippen molar-refractivity contribution in [3.63, 3.8) is 0 Å². The van der Waals surface area contributed by atoms with E-state index in [1.807, 2.05) is 11.6 Å². The molecule has 1 spiro atoms. The molecule has 6 rings (SSSR count). The van der Waals surface area contributed by atoms with Crippen LogP contribution in [0.2, 0.25) is 0 Å². The van der Waals surface area contributed by atoms with Crippen LogP contribution >= 0.6 is 15.9 Å². The summed E-state index contributed by atoms with van der Waals surface area (Å²) < 4.78 is 8.07. The van der Waals surface area contributed by atoms with E-state index in [9.17, 15) is 4.79 Å². The maximum Gasteiger partial charge on any atom is 0.306 e. The standard InChI is InChI=1S/C32H41BrN6O2/c1-22-13-23(2)39(36-22)29-15-25(14-27(33)17-29)26(16-30(40)41-3)18-37-11-8-32(9-12-37)20-38(21-32)19-28-7-6-24-5-4-10-34-31(24)35-28/h6-7,13-15,17,26H,4-5,8-12,16,18-21H2,1-3H3,(H,34,35)/t26-/m1/s1. The number of ether oxygens (including phenoxy) is 1. The lowest BCUT2D eigenvalue weighted by atomic mass is 9.71. The van der Waals surface area contributed by atoms with Crippen LogP contribution in [0, 0.1) is 19.3 Å². The lowest BCUT2D eigenvalue weighted by molar-refractivity contribution is -0.141. The third-order valence-electron chi connectivity index (χ3n) is 9.12. The smallest absolute Gasteiger partial charge is 0.306 e. The Bertz CT molecular complexity index is 1410. The number of nitrogens with zero attached hydrogens (tertiary/aromatic N) is 5. The summed E-state index contributed by atoms with van der Waals surface area (Å²) in [6, 6.07) is 13.0. The number of hydrogen-bond donors (Lipinski definition) is 1. The molecule has 1 atom stereocenters. The molecule has 0 aliphatic carbocycles. The first-order valence-corrected chi connectivity index (χ1v) is 15.7. The van der Waals surface area contributed by atoms with Crippen molar-refractivity contribution >= 4 is 27.7 Å². The Morgan fingerprint density at radius 2 is 1.93 bits per heavy atom. The first-order valence-electron chi connectivity index (χ1n) is 14.9. The van der Waals surface area contributed by atoms with Crippen molar-refractivity contribution in [3.05, 3.63) is 69.1 Å². The zero-order valence-corrected chi connectivity index (χ0v) is 26.0. The van der Waals surface area contributed by atoms with Crippen LogP contribution in [0.3, 0.4) is 0 Å². The number of methoxy groups -OCH3 is 1. The number of rotatable bonds is 8. The summed E-state index contributed by atoms with van der Waals surface area (Å²) in [5.74, 6) is 0.967. The molecule has 8 nitrogen and oxygen atoms in total. The Labute approximate surface area is 251 Å². The van der Waals surface area contributed by atoms with Crippen molar-refractivity contribution in [1.82, 2.24) is 24.6 Å². The summed E-state index contributed by atoms with van der Waals surface area (Å²) in [6.07, 6.45) is 5.08. The van der Waals surface area contributed by atoms with Crippen LogP contribution in [-0.2, 0) is 22.5 Å². The van der Waals surface area contributed by atoms with Crippen LogP contribution in [0.5, 0.6) is 0 Å². The number of pyridine rings is 1. The van der Waals surface area contributed by atoms with Crippen LogP contribution < -0.4 is 5.32 Å². The lowest BCUT2D eigenvalue weighted by Crippen LogP contribution is -2.60. The normalized spacial score (nSPS) is 19.3. The fraction of sp³-hybridized carbons (Fsp3) is 0.531. The van der Waals surface area contributed by atoms with Gasteiger partial charge < -0.3 is 15.0 Å². The first kappa shape index (κ1) is 28.4. The Morgan fingerprint density at radius 1 is 1.12 bits per heavy atom. The van der Waals surface area contributed by atoms with Crippen molar-refractivity contribution in [2.24, 2.45) is 5.41 Å². The highest BCUT2D eigenvalue weighted by molar-refractivity contribution is 9.10. The molecule has 0 saturated carbocycles. The molecule has 5 heterocycles. The number of piperidine rings is 1. The summed E-state index contributed by atoms with van der Waals surface area (Å²) in [6.45, 7) is 11.3. The predicted molar refractivity (Wildman–Crippen MR) is 165 cm³/mol. The Kier molecular flexibility index (Phi) is 8.21. The number of esters is 1. The van der Waals surface area contributed by atoms with Gasteiger partial charge in [0.05, 0.1) is 30.6 Å². The quantitative estimate of drug-likeness (QED) is 0.345. The number of anilines is 1. The van der Waals surface area contributed by atoms with Gasteiger partial charge in [-0.2, -0.15) is 5.10 Å². The van der Waals surface area contributed by atoms with E-state index in [2.05, 4.69) is 79.5 Å². The molecule has 1 aromatic carbocycles. The average molecular weight is 622 g/mol. The maximum atomic E-state index is 12.5. The van der Waals surface area contributed by atoms with E-state index in [4.69, 9.17) is 9.72 Å². The molecule has 0 radical (unpaired) electrons. The van der Waals surface area contributed by atoms with Crippen LogP contribution in [-0.4, -0.2) is 76.9 Å². The van der Waals surface area contributed by atoms with Gasteiger partial charge >= 0.3 is 5.97 Å². The van der Waals surface area contributed by atoms with Gasteiger partial charge in [0.25, 0.3) is 0 Å². The Morgan fingerprint density at radius 3 is 2.66 bits per heavy atom. The monoisotopic (exact) mass is 620 g/mol. The van der Waals surface area contributed by atoms with E-state index >= 15 is 0 Å². The largest absolute Gasteiger partial charge is 0.469 e. The Hall–Kier alpha value is -2.75. The van der Waals surface area contributed by atoms with Crippen molar-refractivity contribution in [3.8, 4) is 5.69 Å². The number of benzene rings is 1.